The minimum atomic E-state index is -0.375. The summed E-state index contributed by atoms with van der Waals surface area (Å²) in [6, 6.07) is 14.6. The van der Waals surface area contributed by atoms with Gasteiger partial charge < -0.3 is 10.3 Å². The number of rotatable bonds is 3. The fourth-order valence-electron chi connectivity index (χ4n) is 2.67. The fourth-order valence-corrected chi connectivity index (χ4v) is 2.67. The largest absolute Gasteiger partial charge is 0.324 e. The Hall–Kier alpha value is -2.20. The van der Waals surface area contributed by atoms with Crippen LogP contribution in [0.5, 0.6) is 0 Å². The predicted molar refractivity (Wildman–Crippen MR) is 82.5 cm³/mol. The zero-order valence-electron chi connectivity index (χ0n) is 12.1. The van der Waals surface area contributed by atoms with Gasteiger partial charge in [-0.2, -0.15) is 0 Å². The third kappa shape index (κ3) is 2.32. The average molecular weight is 283 g/mol. The minimum Gasteiger partial charge on any atom is -0.324 e. The average Bonchev–Trinajstić information content (AvgIpc) is 2.88. The van der Waals surface area contributed by atoms with Crippen LogP contribution in [0.4, 0.5) is 4.39 Å². The normalized spacial score (nSPS) is 13.0. The molecule has 0 aliphatic rings. The molecule has 0 spiro atoms. The molecule has 0 aliphatic carbocycles. The number of halogens is 1. The molecule has 3 nitrogen and oxygen atoms in total. The Labute approximate surface area is 123 Å². The summed E-state index contributed by atoms with van der Waals surface area (Å²) in [6.45, 7) is 4.10. The van der Waals surface area contributed by atoms with Crippen LogP contribution in [0.25, 0.3) is 11.0 Å². The topological polar surface area (TPSA) is 43.8 Å². The van der Waals surface area contributed by atoms with Crippen LogP contribution < -0.4 is 5.73 Å². The van der Waals surface area contributed by atoms with Crippen molar-refractivity contribution < 1.29 is 4.39 Å². The summed E-state index contributed by atoms with van der Waals surface area (Å²) in [7, 11) is 0. The van der Waals surface area contributed by atoms with Crippen molar-refractivity contribution in [1.82, 2.24) is 9.55 Å². The van der Waals surface area contributed by atoms with Gasteiger partial charge in [0.15, 0.2) is 5.82 Å². The van der Waals surface area contributed by atoms with Crippen LogP contribution in [0.15, 0.2) is 48.5 Å². The van der Waals surface area contributed by atoms with Crippen molar-refractivity contribution >= 4 is 11.0 Å². The monoisotopic (exact) mass is 283 g/mol. The summed E-state index contributed by atoms with van der Waals surface area (Å²) in [5, 5.41) is 0. The van der Waals surface area contributed by atoms with Gasteiger partial charge in [0, 0.05) is 6.04 Å². The highest BCUT2D eigenvalue weighted by Gasteiger charge is 2.21. The number of nitrogens with zero attached hydrogens (tertiary/aromatic N) is 2. The molecule has 2 aromatic carbocycles. The summed E-state index contributed by atoms with van der Waals surface area (Å²) in [5.41, 5.74) is 8.50. The third-order valence-corrected chi connectivity index (χ3v) is 3.65. The molecule has 3 aromatic rings. The fraction of sp³-hybridized carbons (Fsp3) is 0.235. The van der Waals surface area contributed by atoms with Crippen molar-refractivity contribution in [3.8, 4) is 0 Å². The van der Waals surface area contributed by atoms with E-state index in [1.165, 1.54) is 6.07 Å². The lowest BCUT2D eigenvalue weighted by Crippen LogP contribution is -2.19. The summed E-state index contributed by atoms with van der Waals surface area (Å²) < 4.78 is 16.0. The number of para-hydroxylation sites is 1. The number of aromatic nitrogens is 2. The first kappa shape index (κ1) is 13.8. The molecule has 4 heteroatoms. The van der Waals surface area contributed by atoms with Crippen LogP contribution in [0, 0.1) is 5.82 Å². The van der Waals surface area contributed by atoms with E-state index in [0.29, 0.717) is 11.3 Å². The SMILES string of the molecule is CC(C)n1c(C(N)c2ccccc2)nc2c(F)cccc21. The minimum absolute atomic E-state index is 0.154. The number of nitrogens with two attached hydrogens (primary N) is 1. The van der Waals surface area contributed by atoms with Crippen LogP contribution in [0.1, 0.15) is 37.3 Å². The molecule has 1 unspecified atom stereocenters. The highest BCUT2D eigenvalue weighted by Crippen LogP contribution is 2.28. The third-order valence-electron chi connectivity index (χ3n) is 3.65. The van der Waals surface area contributed by atoms with E-state index in [4.69, 9.17) is 5.73 Å². The molecule has 1 heterocycles. The zero-order valence-corrected chi connectivity index (χ0v) is 12.1. The molecule has 0 bridgehead atoms. The van der Waals surface area contributed by atoms with E-state index in [9.17, 15) is 4.39 Å². The first-order valence-electron chi connectivity index (χ1n) is 7.06. The molecule has 3 rings (SSSR count). The Kier molecular flexibility index (Phi) is 3.47. The van der Waals surface area contributed by atoms with E-state index in [1.54, 1.807) is 6.07 Å². The van der Waals surface area contributed by atoms with Crippen LogP contribution in [-0.4, -0.2) is 9.55 Å². The Bertz CT molecular complexity index is 762. The van der Waals surface area contributed by atoms with Crippen molar-refractivity contribution in [3.05, 3.63) is 65.7 Å². The van der Waals surface area contributed by atoms with E-state index in [2.05, 4.69) is 4.98 Å². The molecule has 108 valence electrons. The molecule has 0 radical (unpaired) electrons. The Morgan fingerprint density at radius 3 is 2.43 bits per heavy atom. The van der Waals surface area contributed by atoms with Gasteiger partial charge in [0.05, 0.1) is 11.6 Å². The predicted octanol–water partition coefficient (Wildman–Crippen LogP) is 3.80. The standard InChI is InChI=1S/C17H18FN3/c1-11(2)21-14-10-6-9-13(18)16(14)20-17(21)15(19)12-7-4-3-5-8-12/h3-11,15H,19H2,1-2H3. The van der Waals surface area contributed by atoms with Crippen molar-refractivity contribution in [3.63, 3.8) is 0 Å². The molecule has 2 N–H and O–H groups in total. The van der Waals surface area contributed by atoms with Crippen LogP contribution >= 0.6 is 0 Å². The second-order valence-corrected chi connectivity index (χ2v) is 5.43. The first-order chi connectivity index (χ1) is 10.1. The Morgan fingerprint density at radius 2 is 1.76 bits per heavy atom. The summed E-state index contributed by atoms with van der Waals surface area (Å²) in [6.07, 6.45) is 0. The van der Waals surface area contributed by atoms with Crippen LogP contribution in [0.3, 0.4) is 0 Å². The van der Waals surface area contributed by atoms with Gasteiger partial charge in [0.2, 0.25) is 0 Å². The highest BCUT2D eigenvalue weighted by atomic mass is 19.1. The number of imidazole rings is 1. The molecule has 0 amide bonds. The molecular formula is C17H18FN3. The molecule has 21 heavy (non-hydrogen) atoms. The van der Waals surface area contributed by atoms with Gasteiger partial charge in [0.25, 0.3) is 0 Å². The summed E-state index contributed by atoms with van der Waals surface area (Å²) >= 11 is 0. The maximum absolute atomic E-state index is 14.0. The van der Waals surface area contributed by atoms with Gasteiger partial charge >= 0.3 is 0 Å². The lowest BCUT2D eigenvalue weighted by atomic mass is 10.1. The molecule has 0 saturated heterocycles. The second kappa shape index (κ2) is 5.30. The van der Waals surface area contributed by atoms with E-state index >= 15 is 0 Å². The van der Waals surface area contributed by atoms with Gasteiger partial charge in [-0.1, -0.05) is 36.4 Å². The number of hydrogen-bond acceptors (Lipinski definition) is 2. The maximum Gasteiger partial charge on any atom is 0.151 e. The van der Waals surface area contributed by atoms with Gasteiger partial charge in [-0.15, -0.1) is 0 Å². The van der Waals surface area contributed by atoms with Crippen molar-refractivity contribution in [1.29, 1.82) is 0 Å². The molecule has 1 aromatic heterocycles. The van der Waals surface area contributed by atoms with Gasteiger partial charge in [0.1, 0.15) is 11.3 Å². The molecule has 0 aliphatic heterocycles. The van der Waals surface area contributed by atoms with Gasteiger partial charge in [-0.3, -0.25) is 0 Å². The summed E-state index contributed by atoms with van der Waals surface area (Å²) in [5.74, 6) is 0.379. The zero-order chi connectivity index (χ0) is 15.0. The lowest BCUT2D eigenvalue weighted by Gasteiger charge is -2.17. The quantitative estimate of drug-likeness (QED) is 0.794. The second-order valence-electron chi connectivity index (χ2n) is 5.43. The van der Waals surface area contributed by atoms with Crippen molar-refractivity contribution in [2.75, 3.05) is 0 Å². The van der Waals surface area contributed by atoms with E-state index in [-0.39, 0.29) is 17.9 Å². The van der Waals surface area contributed by atoms with Crippen LogP contribution in [0.2, 0.25) is 0 Å². The number of benzene rings is 2. The number of fused-ring (bicyclic) bond motifs is 1. The lowest BCUT2D eigenvalue weighted by molar-refractivity contribution is 0.567. The molecular weight excluding hydrogens is 265 g/mol. The Morgan fingerprint density at radius 1 is 1.05 bits per heavy atom. The highest BCUT2D eigenvalue weighted by molar-refractivity contribution is 5.77. The molecule has 0 saturated carbocycles. The Balaban J connectivity index is 2.22. The van der Waals surface area contributed by atoms with Crippen molar-refractivity contribution in [2.45, 2.75) is 25.9 Å². The molecule has 1 atom stereocenters. The van der Waals surface area contributed by atoms with E-state index in [1.807, 2.05) is 54.8 Å². The van der Waals surface area contributed by atoms with Crippen LogP contribution in [-0.2, 0) is 0 Å². The number of hydrogen-bond donors (Lipinski definition) is 1. The summed E-state index contributed by atoms with van der Waals surface area (Å²) in [4.78, 5) is 4.47. The maximum atomic E-state index is 14.0. The van der Waals surface area contributed by atoms with Crippen molar-refractivity contribution in [2.24, 2.45) is 5.73 Å². The molecule has 0 fully saturated rings. The van der Waals surface area contributed by atoms with Gasteiger partial charge in [-0.25, -0.2) is 9.37 Å². The van der Waals surface area contributed by atoms with E-state index < -0.39 is 0 Å². The van der Waals surface area contributed by atoms with Gasteiger partial charge in [-0.05, 0) is 31.5 Å². The van der Waals surface area contributed by atoms with E-state index in [0.717, 1.165) is 11.1 Å². The smallest absolute Gasteiger partial charge is 0.151 e. The first-order valence-corrected chi connectivity index (χ1v) is 7.06.